The zero-order valence-corrected chi connectivity index (χ0v) is 12.5. The summed E-state index contributed by atoms with van der Waals surface area (Å²) < 4.78 is 5.88. The summed E-state index contributed by atoms with van der Waals surface area (Å²) >= 11 is 0. The van der Waals surface area contributed by atoms with Gasteiger partial charge < -0.3 is 10.5 Å². The first-order valence-corrected chi connectivity index (χ1v) is 7.60. The number of nitrogens with zero attached hydrogens (tertiary/aromatic N) is 1. The minimum absolute atomic E-state index is 0.212. The highest BCUT2D eigenvalue weighted by atomic mass is 16.5. The molecule has 3 nitrogen and oxygen atoms in total. The Balaban J connectivity index is 2.20. The Hall–Kier alpha value is -0.120. The van der Waals surface area contributed by atoms with Gasteiger partial charge in [0.1, 0.15) is 0 Å². The van der Waals surface area contributed by atoms with Crippen molar-refractivity contribution < 1.29 is 4.74 Å². The van der Waals surface area contributed by atoms with E-state index < -0.39 is 0 Å². The van der Waals surface area contributed by atoms with Crippen molar-refractivity contribution in [2.24, 2.45) is 17.6 Å². The fraction of sp³-hybridized carbons (Fsp3) is 1.00. The molecule has 2 aliphatic rings. The van der Waals surface area contributed by atoms with Crippen molar-refractivity contribution in [3.05, 3.63) is 0 Å². The quantitative estimate of drug-likeness (QED) is 0.821. The first-order valence-electron chi connectivity index (χ1n) is 7.60. The number of hydrogen-bond acceptors (Lipinski definition) is 3. The van der Waals surface area contributed by atoms with Crippen LogP contribution >= 0.6 is 0 Å². The van der Waals surface area contributed by atoms with E-state index in [-0.39, 0.29) is 5.54 Å². The average molecular weight is 254 g/mol. The van der Waals surface area contributed by atoms with E-state index in [1.54, 1.807) is 0 Å². The zero-order chi connectivity index (χ0) is 13.3. The average Bonchev–Trinajstić information content (AvgIpc) is 2.32. The van der Waals surface area contributed by atoms with Gasteiger partial charge in [0, 0.05) is 25.2 Å². The number of nitrogens with two attached hydrogens (primary N) is 1. The second-order valence-corrected chi connectivity index (χ2v) is 6.63. The second kappa shape index (κ2) is 5.48. The van der Waals surface area contributed by atoms with Crippen LogP contribution in [0.3, 0.4) is 0 Å². The van der Waals surface area contributed by atoms with Gasteiger partial charge in [-0.25, -0.2) is 0 Å². The summed E-state index contributed by atoms with van der Waals surface area (Å²) in [5, 5.41) is 0. The highest BCUT2D eigenvalue weighted by Crippen LogP contribution is 2.42. The Bertz CT molecular complexity index is 274. The molecular weight excluding hydrogens is 224 g/mol. The minimum atomic E-state index is 0.212. The summed E-state index contributed by atoms with van der Waals surface area (Å²) in [5.41, 5.74) is 6.44. The lowest BCUT2D eigenvalue weighted by Crippen LogP contribution is -2.65. The van der Waals surface area contributed by atoms with E-state index in [4.69, 9.17) is 10.5 Å². The molecule has 1 aliphatic carbocycles. The SMILES string of the molecule is CC1CN(C2(CN)CCCC(C)C2C)CC(C)O1. The molecule has 106 valence electrons. The van der Waals surface area contributed by atoms with Gasteiger partial charge in [0.25, 0.3) is 0 Å². The molecule has 1 saturated heterocycles. The molecule has 0 aromatic carbocycles. The van der Waals surface area contributed by atoms with E-state index in [0.717, 1.165) is 25.6 Å². The number of rotatable bonds is 2. The molecule has 0 amide bonds. The standard InChI is InChI=1S/C15H30N2O/c1-11-6-5-7-15(10-16,14(11)4)17-8-12(2)18-13(3)9-17/h11-14H,5-10,16H2,1-4H3. The predicted molar refractivity (Wildman–Crippen MR) is 75.5 cm³/mol. The fourth-order valence-corrected chi connectivity index (χ4v) is 4.14. The Morgan fingerprint density at radius 1 is 1.17 bits per heavy atom. The van der Waals surface area contributed by atoms with Crippen LogP contribution in [0.2, 0.25) is 0 Å². The van der Waals surface area contributed by atoms with Crippen LogP contribution in [0.15, 0.2) is 0 Å². The van der Waals surface area contributed by atoms with Crippen LogP contribution in [-0.2, 0) is 4.74 Å². The van der Waals surface area contributed by atoms with Crippen molar-refractivity contribution in [3.8, 4) is 0 Å². The number of morpholine rings is 1. The first-order chi connectivity index (χ1) is 8.49. The Labute approximate surface area is 112 Å². The summed E-state index contributed by atoms with van der Waals surface area (Å²) in [6, 6.07) is 0. The van der Waals surface area contributed by atoms with Crippen LogP contribution in [0, 0.1) is 11.8 Å². The number of ether oxygens (including phenoxy) is 1. The molecule has 3 heteroatoms. The van der Waals surface area contributed by atoms with Gasteiger partial charge in [-0.05, 0) is 32.1 Å². The van der Waals surface area contributed by atoms with Gasteiger partial charge in [-0.3, -0.25) is 4.90 Å². The lowest BCUT2D eigenvalue weighted by Gasteiger charge is -2.55. The molecule has 2 rings (SSSR count). The number of hydrogen-bond donors (Lipinski definition) is 1. The van der Waals surface area contributed by atoms with Crippen LogP contribution < -0.4 is 5.73 Å². The predicted octanol–water partition coefficient (Wildman–Crippen LogP) is 2.25. The van der Waals surface area contributed by atoms with Crippen molar-refractivity contribution >= 4 is 0 Å². The van der Waals surface area contributed by atoms with Crippen molar-refractivity contribution in [2.75, 3.05) is 19.6 Å². The van der Waals surface area contributed by atoms with Gasteiger partial charge in [-0.15, -0.1) is 0 Å². The van der Waals surface area contributed by atoms with Crippen LogP contribution in [0.1, 0.15) is 47.0 Å². The van der Waals surface area contributed by atoms with Gasteiger partial charge in [-0.2, -0.15) is 0 Å². The molecule has 2 N–H and O–H groups in total. The molecule has 0 spiro atoms. The van der Waals surface area contributed by atoms with E-state index in [1.807, 2.05) is 0 Å². The highest BCUT2D eigenvalue weighted by molar-refractivity contribution is 5.02. The lowest BCUT2D eigenvalue weighted by molar-refractivity contribution is -0.125. The van der Waals surface area contributed by atoms with Crippen molar-refractivity contribution in [1.82, 2.24) is 4.90 Å². The summed E-state index contributed by atoms with van der Waals surface area (Å²) in [5.74, 6) is 1.48. The van der Waals surface area contributed by atoms with E-state index in [9.17, 15) is 0 Å². The van der Waals surface area contributed by atoms with Crippen LogP contribution in [0.5, 0.6) is 0 Å². The molecule has 5 unspecified atom stereocenters. The van der Waals surface area contributed by atoms with Crippen molar-refractivity contribution in [2.45, 2.75) is 64.7 Å². The van der Waals surface area contributed by atoms with Crippen LogP contribution in [0.25, 0.3) is 0 Å². The molecule has 0 aromatic rings. The highest BCUT2D eigenvalue weighted by Gasteiger charge is 2.46. The zero-order valence-electron chi connectivity index (χ0n) is 12.5. The summed E-state index contributed by atoms with van der Waals surface area (Å²) in [6.45, 7) is 12.0. The molecule has 0 bridgehead atoms. The third-order valence-corrected chi connectivity index (χ3v) is 5.37. The summed E-state index contributed by atoms with van der Waals surface area (Å²) in [6.07, 6.45) is 4.61. The Morgan fingerprint density at radius 3 is 2.33 bits per heavy atom. The summed E-state index contributed by atoms with van der Waals surface area (Å²) in [4.78, 5) is 2.64. The maximum absolute atomic E-state index is 6.23. The normalized spacial score (nSPS) is 47.2. The molecule has 1 saturated carbocycles. The maximum Gasteiger partial charge on any atom is 0.0678 e. The van der Waals surface area contributed by atoms with Crippen molar-refractivity contribution in [3.63, 3.8) is 0 Å². The molecule has 0 aromatic heterocycles. The maximum atomic E-state index is 6.23. The van der Waals surface area contributed by atoms with Gasteiger partial charge in [0.15, 0.2) is 0 Å². The van der Waals surface area contributed by atoms with Gasteiger partial charge in [0.05, 0.1) is 12.2 Å². The third kappa shape index (κ3) is 2.45. The van der Waals surface area contributed by atoms with Crippen molar-refractivity contribution in [1.29, 1.82) is 0 Å². The monoisotopic (exact) mass is 254 g/mol. The largest absolute Gasteiger partial charge is 0.373 e. The van der Waals surface area contributed by atoms with E-state index in [1.165, 1.54) is 19.3 Å². The smallest absolute Gasteiger partial charge is 0.0678 e. The molecule has 5 atom stereocenters. The van der Waals surface area contributed by atoms with Crippen LogP contribution in [-0.4, -0.2) is 42.3 Å². The molecular formula is C15H30N2O. The molecule has 0 radical (unpaired) electrons. The van der Waals surface area contributed by atoms with Crippen LogP contribution in [0.4, 0.5) is 0 Å². The third-order valence-electron chi connectivity index (χ3n) is 5.37. The van der Waals surface area contributed by atoms with Gasteiger partial charge in [0.2, 0.25) is 0 Å². The first kappa shape index (κ1) is 14.3. The molecule has 18 heavy (non-hydrogen) atoms. The lowest BCUT2D eigenvalue weighted by atomic mass is 9.67. The second-order valence-electron chi connectivity index (χ2n) is 6.63. The Kier molecular flexibility index (Phi) is 4.35. The van der Waals surface area contributed by atoms with E-state index in [2.05, 4.69) is 32.6 Å². The minimum Gasteiger partial charge on any atom is -0.373 e. The fourth-order valence-electron chi connectivity index (χ4n) is 4.14. The van der Waals surface area contributed by atoms with Gasteiger partial charge >= 0.3 is 0 Å². The molecule has 1 heterocycles. The molecule has 1 aliphatic heterocycles. The van der Waals surface area contributed by atoms with E-state index in [0.29, 0.717) is 18.1 Å². The Morgan fingerprint density at radius 2 is 1.78 bits per heavy atom. The summed E-state index contributed by atoms with van der Waals surface area (Å²) in [7, 11) is 0. The van der Waals surface area contributed by atoms with E-state index >= 15 is 0 Å². The topological polar surface area (TPSA) is 38.5 Å². The van der Waals surface area contributed by atoms with Gasteiger partial charge in [-0.1, -0.05) is 26.7 Å². The molecule has 2 fully saturated rings.